The first-order valence-electron chi connectivity index (χ1n) is 17.7. The van der Waals surface area contributed by atoms with Crippen LogP contribution in [0.5, 0.6) is 0 Å². The molecule has 0 spiro atoms. The van der Waals surface area contributed by atoms with Crippen LogP contribution in [0.25, 0.3) is 93.7 Å². The van der Waals surface area contributed by atoms with Crippen molar-refractivity contribution in [2.75, 3.05) is 0 Å². The summed E-state index contributed by atoms with van der Waals surface area (Å²) in [7, 11) is 0. The van der Waals surface area contributed by atoms with Gasteiger partial charge < -0.3 is 0 Å². The van der Waals surface area contributed by atoms with Crippen LogP contribution in [0, 0.1) is 0 Å². The highest BCUT2D eigenvalue weighted by atomic mass is 14.2. The van der Waals surface area contributed by atoms with Crippen molar-refractivity contribution in [1.82, 2.24) is 0 Å². The van der Waals surface area contributed by atoms with Crippen molar-refractivity contribution in [3.63, 3.8) is 0 Å². The van der Waals surface area contributed by atoms with Crippen LogP contribution >= 0.6 is 0 Å². The largest absolute Gasteiger partial charge is 0.0836 e. The zero-order valence-corrected chi connectivity index (χ0v) is 27.7. The van der Waals surface area contributed by atoms with E-state index in [1.807, 2.05) is 0 Å². The SMILES string of the molecule is C1=Cc2cccc(-c3c4ccccc4c(-c4cccc(-c5ccc(-c6cccc7ccccc67)c6ccccc56)c4)c4ccccc34)c2CC1. The molecule has 9 aromatic carbocycles. The summed E-state index contributed by atoms with van der Waals surface area (Å²) in [6.07, 6.45) is 6.76. The molecule has 0 N–H and O–H groups in total. The first-order chi connectivity index (χ1) is 24.8. The van der Waals surface area contributed by atoms with Crippen molar-refractivity contribution in [2.24, 2.45) is 0 Å². The van der Waals surface area contributed by atoms with Crippen LogP contribution in [0.15, 0.2) is 176 Å². The normalized spacial score (nSPS) is 12.6. The molecule has 0 atom stereocenters. The quantitative estimate of drug-likeness (QED) is 0.169. The predicted molar refractivity (Wildman–Crippen MR) is 216 cm³/mol. The summed E-state index contributed by atoms with van der Waals surface area (Å²) >= 11 is 0. The minimum atomic E-state index is 1.07. The van der Waals surface area contributed by atoms with Crippen LogP contribution in [-0.4, -0.2) is 0 Å². The van der Waals surface area contributed by atoms with Crippen LogP contribution in [-0.2, 0) is 6.42 Å². The van der Waals surface area contributed by atoms with Crippen molar-refractivity contribution >= 4 is 49.2 Å². The molecular formula is C50H34. The van der Waals surface area contributed by atoms with E-state index in [2.05, 4.69) is 182 Å². The molecule has 0 radical (unpaired) electrons. The Kier molecular flexibility index (Phi) is 6.74. The first kappa shape index (κ1) is 28.7. The summed E-state index contributed by atoms with van der Waals surface area (Å²) < 4.78 is 0. The van der Waals surface area contributed by atoms with E-state index in [0.29, 0.717) is 0 Å². The van der Waals surface area contributed by atoms with Gasteiger partial charge in [0.2, 0.25) is 0 Å². The number of benzene rings is 9. The smallest absolute Gasteiger partial charge is 0.00234 e. The summed E-state index contributed by atoms with van der Waals surface area (Å²) in [5, 5.41) is 10.3. The van der Waals surface area contributed by atoms with E-state index in [4.69, 9.17) is 0 Å². The van der Waals surface area contributed by atoms with Crippen LogP contribution in [0.3, 0.4) is 0 Å². The zero-order valence-electron chi connectivity index (χ0n) is 27.7. The summed E-state index contributed by atoms with van der Waals surface area (Å²) in [6.45, 7) is 0. The third kappa shape index (κ3) is 4.53. The number of hydrogen-bond donors (Lipinski definition) is 0. The molecule has 0 saturated carbocycles. The fourth-order valence-corrected chi connectivity index (χ4v) is 8.53. The lowest BCUT2D eigenvalue weighted by molar-refractivity contribution is 0.988. The van der Waals surface area contributed by atoms with Crippen molar-refractivity contribution in [2.45, 2.75) is 12.8 Å². The number of fused-ring (bicyclic) bond motifs is 5. The van der Waals surface area contributed by atoms with E-state index in [0.717, 1.165) is 12.8 Å². The molecule has 0 amide bonds. The van der Waals surface area contributed by atoms with E-state index in [-0.39, 0.29) is 0 Å². The first-order valence-corrected chi connectivity index (χ1v) is 17.7. The van der Waals surface area contributed by atoms with Crippen molar-refractivity contribution < 1.29 is 0 Å². The minimum absolute atomic E-state index is 1.07. The average molecular weight is 635 g/mol. The Morgan fingerprint density at radius 2 is 0.860 bits per heavy atom. The Hall–Kier alpha value is -6.24. The number of allylic oxidation sites excluding steroid dienone is 1. The van der Waals surface area contributed by atoms with E-state index in [9.17, 15) is 0 Å². The second-order valence-corrected chi connectivity index (χ2v) is 13.5. The van der Waals surface area contributed by atoms with E-state index in [1.165, 1.54) is 98.7 Å². The Bertz CT molecular complexity index is 2750. The molecule has 0 bridgehead atoms. The van der Waals surface area contributed by atoms with Crippen LogP contribution in [0.4, 0.5) is 0 Å². The third-order valence-corrected chi connectivity index (χ3v) is 10.7. The second-order valence-electron chi connectivity index (χ2n) is 13.5. The highest BCUT2D eigenvalue weighted by Gasteiger charge is 2.20. The summed E-state index contributed by atoms with van der Waals surface area (Å²) in [5.41, 5.74) is 13.1. The van der Waals surface area contributed by atoms with Crippen LogP contribution in [0.1, 0.15) is 17.5 Å². The molecule has 0 unspecified atom stereocenters. The van der Waals surface area contributed by atoms with Gasteiger partial charge in [0.15, 0.2) is 0 Å². The van der Waals surface area contributed by atoms with Gasteiger partial charge in [0.05, 0.1) is 0 Å². The number of hydrogen-bond acceptors (Lipinski definition) is 0. The molecule has 0 saturated heterocycles. The van der Waals surface area contributed by atoms with Gasteiger partial charge in [0, 0.05) is 0 Å². The second kappa shape index (κ2) is 11.7. The lowest BCUT2D eigenvalue weighted by Crippen LogP contribution is -1.99. The fourth-order valence-electron chi connectivity index (χ4n) is 8.53. The van der Waals surface area contributed by atoms with Crippen LogP contribution < -0.4 is 0 Å². The van der Waals surface area contributed by atoms with Gasteiger partial charge in [-0.05, 0) is 118 Å². The lowest BCUT2D eigenvalue weighted by atomic mass is 9.82. The fraction of sp³-hybridized carbons (Fsp3) is 0.0400. The molecule has 1 aliphatic carbocycles. The maximum Gasteiger partial charge on any atom is -0.00234 e. The van der Waals surface area contributed by atoms with E-state index >= 15 is 0 Å². The third-order valence-electron chi connectivity index (χ3n) is 10.7. The summed E-state index contributed by atoms with van der Waals surface area (Å²) in [6, 6.07) is 62.9. The molecule has 0 nitrogen and oxygen atoms in total. The molecule has 0 aromatic heterocycles. The van der Waals surface area contributed by atoms with Crippen molar-refractivity contribution in [3.8, 4) is 44.5 Å². The van der Waals surface area contributed by atoms with Crippen molar-refractivity contribution in [1.29, 1.82) is 0 Å². The number of rotatable bonds is 4. The maximum absolute atomic E-state index is 2.41. The molecule has 234 valence electrons. The maximum atomic E-state index is 2.41. The Morgan fingerprint density at radius 3 is 1.62 bits per heavy atom. The zero-order chi connectivity index (χ0) is 33.0. The molecule has 0 aliphatic heterocycles. The topological polar surface area (TPSA) is 0 Å². The molecule has 10 rings (SSSR count). The van der Waals surface area contributed by atoms with E-state index in [1.54, 1.807) is 0 Å². The Labute approximate surface area is 292 Å². The summed E-state index contributed by atoms with van der Waals surface area (Å²) in [4.78, 5) is 0. The van der Waals surface area contributed by atoms with Gasteiger partial charge in [-0.3, -0.25) is 0 Å². The van der Waals surface area contributed by atoms with Gasteiger partial charge in [-0.1, -0.05) is 176 Å². The van der Waals surface area contributed by atoms with Crippen molar-refractivity contribution in [3.05, 3.63) is 187 Å². The van der Waals surface area contributed by atoms with E-state index < -0.39 is 0 Å². The molecule has 0 heterocycles. The van der Waals surface area contributed by atoms with Gasteiger partial charge in [0.25, 0.3) is 0 Å². The molecule has 50 heavy (non-hydrogen) atoms. The lowest BCUT2D eigenvalue weighted by Gasteiger charge is -2.21. The van der Waals surface area contributed by atoms with Gasteiger partial charge in [-0.2, -0.15) is 0 Å². The molecule has 0 fully saturated rings. The molecule has 1 aliphatic rings. The van der Waals surface area contributed by atoms with Gasteiger partial charge in [0.1, 0.15) is 0 Å². The Morgan fingerprint density at radius 1 is 0.340 bits per heavy atom. The Balaban J connectivity index is 1.19. The highest BCUT2D eigenvalue weighted by molar-refractivity contribution is 6.22. The van der Waals surface area contributed by atoms with Crippen LogP contribution in [0.2, 0.25) is 0 Å². The standard InChI is InChI=1S/C50H34/c1-3-20-37-33(14-1)16-12-28-41(37)43-31-30-39(40-22-5-6-23-42(40)43)35-18-11-19-36(32-35)49-45-24-7-9-26-47(45)50(48-27-10-8-25-46(48)49)44-29-13-17-34-15-2-4-21-38(34)44/h1-3,5-20,22-32H,4,21H2. The molecular weight excluding hydrogens is 601 g/mol. The van der Waals surface area contributed by atoms with Gasteiger partial charge in [-0.25, -0.2) is 0 Å². The van der Waals surface area contributed by atoms with Gasteiger partial charge in [-0.15, -0.1) is 0 Å². The monoisotopic (exact) mass is 634 g/mol. The predicted octanol–water partition coefficient (Wildman–Crippen LogP) is 13.9. The molecule has 0 heteroatoms. The summed E-state index contributed by atoms with van der Waals surface area (Å²) in [5.74, 6) is 0. The highest BCUT2D eigenvalue weighted by Crippen LogP contribution is 2.46. The minimum Gasteiger partial charge on any atom is -0.0836 e. The average Bonchev–Trinajstić information content (AvgIpc) is 3.19. The molecule has 9 aromatic rings. The van der Waals surface area contributed by atoms with Gasteiger partial charge >= 0.3 is 0 Å².